The number of carbonyl (C=O) groups is 1. The van der Waals surface area contributed by atoms with E-state index >= 15 is 0 Å². The van der Waals surface area contributed by atoms with E-state index in [1.165, 1.54) is 18.3 Å². The van der Waals surface area contributed by atoms with Crippen molar-refractivity contribution in [1.29, 1.82) is 0 Å². The summed E-state index contributed by atoms with van der Waals surface area (Å²) in [4.78, 5) is 23.7. The zero-order valence-corrected chi connectivity index (χ0v) is 8.58. The van der Waals surface area contributed by atoms with Gasteiger partial charge in [-0.05, 0) is 22.9 Å². The maximum absolute atomic E-state index is 10.4. The lowest BCUT2D eigenvalue weighted by Gasteiger charge is -2.11. The third-order valence-electron chi connectivity index (χ3n) is 1.83. The van der Waals surface area contributed by atoms with E-state index in [0.29, 0.717) is 5.69 Å². The first-order chi connectivity index (χ1) is 7.49. The molecule has 7 nitrogen and oxygen atoms in total. The minimum absolute atomic E-state index is 0.0308. The van der Waals surface area contributed by atoms with Crippen molar-refractivity contribution in [3.63, 3.8) is 0 Å². The Morgan fingerprint density at radius 2 is 2.38 bits per heavy atom. The lowest BCUT2D eigenvalue weighted by Crippen LogP contribution is -2.19. The number of hydrogen-bond acceptors (Lipinski definition) is 5. The molecule has 0 aliphatic carbocycles. The fourth-order valence-electron chi connectivity index (χ4n) is 1.18. The molecule has 1 aromatic heterocycles. The molecule has 16 heavy (non-hydrogen) atoms. The highest BCUT2D eigenvalue weighted by Crippen LogP contribution is 2.12. The van der Waals surface area contributed by atoms with E-state index in [9.17, 15) is 14.9 Å². The summed E-state index contributed by atoms with van der Waals surface area (Å²) in [5.41, 5.74) is 0.555. The Morgan fingerprint density at radius 3 is 2.81 bits per heavy atom. The van der Waals surface area contributed by atoms with E-state index in [1.807, 2.05) is 0 Å². The molecular formula is C9H11N3O4. The molecule has 1 heterocycles. The van der Waals surface area contributed by atoms with E-state index in [0.717, 1.165) is 0 Å². The van der Waals surface area contributed by atoms with Crippen LogP contribution in [0.4, 0.5) is 11.5 Å². The van der Waals surface area contributed by atoms with Crippen molar-refractivity contribution in [2.24, 2.45) is 0 Å². The second-order valence-electron chi connectivity index (χ2n) is 3.31. The average molecular weight is 225 g/mol. The number of carboxylic acids is 1. The molecule has 7 heteroatoms. The molecule has 86 valence electrons. The van der Waals surface area contributed by atoms with E-state index in [4.69, 9.17) is 5.11 Å². The lowest BCUT2D eigenvalue weighted by molar-refractivity contribution is -0.389. The Kier molecular flexibility index (Phi) is 3.76. The molecule has 0 spiro atoms. The number of aromatic nitrogens is 1. The van der Waals surface area contributed by atoms with Gasteiger partial charge in [-0.25, -0.2) is 0 Å². The molecule has 0 aliphatic heterocycles. The molecule has 0 radical (unpaired) electrons. The number of nitrogens with zero attached hydrogens (tertiary/aromatic N) is 2. The van der Waals surface area contributed by atoms with E-state index < -0.39 is 10.9 Å². The molecule has 0 saturated heterocycles. The molecule has 0 aromatic carbocycles. The number of anilines is 1. The summed E-state index contributed by atoms with van der Waals surface area (Å²) in [7, 11) is 0. The van der Waals surface area contributed by atoms with Gasteiger partial charge in [0.1, 0.15) is 0 Å². The van der Waals surface area contributed by atoms with Gasteiger partial charge in [0, 0.05) is 12.1 Å². The van der Waals surface area contributed by atoms with Crippen LogP contribution in [0.1, 0.15) is 13.3 Å². The molecule has 2 N–H and O–H groups in total. The normalized spacial score (nSPS) is 11.8. The van der Waals surface area contributed by atoms with Crippen LogP contribution in [0.3, 0.4) is 0 Å². The van der Waals surface area contributed by atoms with Crippen molar-refractivity contribution < 1.29 is 14.8 Å². The van der Waals surface area contributed by atoms with Gasteiger partial charge in [-0.15, -0.1) is 0 Å². The van der Waals surface area contributed by atoms with Gasteiger partial charge >= 0.3 is 11.8 Å². The van der Waals surface area contributed by atoms with Crippen LogP contribution in [0.2, 0.25) is 0 Å². The highest BCUT2D eigenvalue weighted by Gasteiger charge is 2.10. The molecule has 0 fully saturated rings. The maximum atomic E-state index is 10.4. The number of nitrogens with one attached hydrogen (secondary N) is 1. The number of rotatable bonds is 5. The topological polar surface area (TPSA) is 105 Å². The number of aliphatic carboxylic acids is 1. The maximum Gasteiger partial charge on any atom is 0.363 e. The molecule has 1 unspecified atom stereocenters. The van der Waals surface area contributed by atoms with Gasteiger partial charge in [0.15, 0.2) is 6.20 Å². The van der Waals surface area contributed by atoms with E-state index in [1.54, 1.807) is 6.92 Å². The van der Waals surface area contributed by atoms with Gasteiger partial charge < -0.3 is 20.5 Å². The van der Waals surface area contributed by atoms with Crippen LogP contribution in [0.15, 0.2) is 18.3 Å². The highest BCUT2D eigenvalue weighted by atomic mass is 16.6. The molecule has 0 aliphatic rings. The fraction of sp³-hybridized carbons (Fsp3) is 0.333. The van der Waals surface area contributed by atoms with Crippen molar-refractivity contribution in [1.82, 2.24) is 4.98 Å². The van der Waals surface area contributed by atoms with Crippen molar-refractivity contribution in [2.45, 2.75) is 19.4 Å². The molecule has 1 atom stereocenters. The molecule has 0 saturated carbocycles. The van der Waals surface area contributed by atoms with Crippen LogP contribution in [0, 0.1) is 10.1 Å². The van der Waals surface area contributed by atoms with Gasteiger partial charge in [-0.3, -0.25) is 4.79 Å². The first-order valence-electron chi connectivity index (χ1n) is 4.58. The van der Waals surface area contributed by atoms with E-state index in [-0.39, 0.29) is 18.3 Å². The van der Waals surface area contributed by atoms with Crippen molar-refractivity contribution in [3.05, 3.63) is 28.4 Å². The fourth-order valence-corrected chi connectivity index (χ4v) is 1.18. The SMILES string of the molecule is CC(CC(=O)O)Nc1ccc([N+](=O)[O-])nc1. The zero-order valence-electron chi connectivity index (χ0n) is 8.58. The number of nitro groups is 1. The minimum atomic E-state index is -0.908. The molecule has 1 aromatic rings. The Hall–Kier alpha value is -2.18. The monoisotopic (exact) mass is 225 g/mol. The highest BCUT2D eigenvalue weighted by molar-refractivity contribution is 5.68. The lowest BCUT2D eigenvalue weighted by atomic mass is 10.2. The van der Waals surface area contributed by atoms with Crippen molar-refractivity contribution in [2.75, 3.05) is 5.32 Å². The Morgan fingerprint density at radius 1 is 1.69 bits per heavy atom. The van der Waals surface area contributed by atoms with Crippen LogP contribution in [-0.4, -0.2) is 27.0 Å². The van der Waals surface area contributed by atoms with E-state index in [2.05, 4.69) is 10.3 Å². The number of pyridine rings is 1. The Bertz CT molecular complexity index is 390. The first kappa shape index (κ1) is 11.9. The Labute approximate surface area is 91.3 Å². The number of carboxylic acid groups (broad SMARTS) is 1. The van der Waals surface area contributed by atoms with Crippen LogP contribution >= 0.6 is 0 Å². The summed E-state index contributed by atoms with van der Waals surface area (Å²) in [5, 5.41) is 21.7. The van der Waals surface area contributed by atoms with Crippen LogP contribution in [0.25, 0.3) is 0 Å². The summed E-state index contributed by atoms with van der Waals surface area (Å²) in [6.45, 7) is 1.70. The molecule has 0 amide bonds. The minimum Gasteiger partial charge on any atom is -0.481 e. The van der Waals surface area contributed by atoms with Crippen molar-refractivity contribution in [3.8, 4) is 0 Å². The zero-order chi connectivity index (χ0) is 12.1. The molecule has 0 bridgehead atoms. The largest absolute Gasteiger partial charge is 0.481 e. The van der Waals surface area contributed by atoms with Gasteiger partial charge in [-0.1, -0.05) is 0 Å². The second-order valence-corrected chi connectivity index (χ2v) is 3.31. The third-order valence-corrected chi connectivity index (χ3v) is 1.83. The standard InChI is InChI=1S/C9H11N3O4/c1-6(4-9(13)14)11-7-2-3-8(10-5-7)12(15)16/h2-3,5-6,11H,4H2,1H3,(H,13,14). The quantitative estimate of drug-likeness (QED) is 0.577. The van der Waals surface area contributed by atoms with Crippen LogP contribution < -0.4 is 5.32 Å². The second kappa shape index (κ2) is 5.06. The summed E-state index contributed by atoms with van der Waals surface area (Å²) < 4.78 is 0. The third kappa shape index (κ3) is 3.52. The predicted octanol–water partition coefficient (Wildman–Crippen LogP) is 1.26. The van der Waals surface area contributed by atoms with Gasteiger partial charge in [-0.2, -0.15) is 0 Å². The summed E-state index contributed by atoms with van der Waals surface area (Å²) >= 11 is 0. The van der Waals surface area contributed by atoms with Gasteiger partial charge in [0.05, 0.1) is 12.1 Å². The van der Waals surface area contributed by atoms with Crippen LogP contribution in [-0.2, 0) is 4.79 Å². The average Bonchev–Trinajstić information content (AvgIpc) is 2.16. The van der Waals surface area contributed by atoms with Gasteiger partial charge in [0.25, 0.3) is 0 Å². The predicted molar refractivity (Wildman–Crippen MR) is 56.2 cm³/mol. The summed E-state index contributed by atoms with van der Waals surface area (Å²) in [5.74, 6) is -1.15. The number of hydrogen-bond donors (Lipinski definition) is 2. The van der Waals surface area contributed by atoms with Gasteiger partial charge in [0.2, 0.25) is 0 Å². The van der Waals surface area contributed by atoms with Crippen molar-refractivity contribution >= 4 is 17.5 Å². The smallest absolute Gasteiger partial charge is 0.363 e. The van der Waals surface area contributed by atoms with Crippen LogP contribution in [0.5, 0.6) is 0 Å². The molecule has 1 rings (SSSR count). The molecular weight excluding hydrogens is 214 g/mol. The Balaban J connectivity index is 2.61. The first-order valence-corrected chi connectivity index (χ1v) is 4.58. The summed E-state index contributed by atoms with van der Waals surface area (Å²) in [6, 6.07) is 2.49. The summed E-state index contributed by atoms with van der Waals surface area (Å²) in [6.07, 6.45) is 1.27.